The number of esters is 1. The maximum Gasteiger partial charge on any atom is 0.586 e. The first kappa shape index (κ1) is 20.8. The minimum absolute atomic E-state index is 0.0995. The first-order valence-corrected chi connectivity index (χ1v) is 8.66. The lowest BCUT2D eigenvalue weighted by Crippen LogP contribution is -2.25. The SMILES string of the molecule is CCOC(=O)Nc1cccc(C(=O)OCC(=O)Nc2ccc3c(c2)OC(F)(F)O3)c1. The summed E-state index contributed by atoms with van der Waals surface area (Å²) in [5, 5.41) is 4.83. The average Bonchev–Trinajstić information content (AvgIpc) is 2.99. The molecule has 30 heavy (non-hydrogen) atoms. The normalized spacial score (nSPS) is 13.3. The number of alkyl halides is 2. The van der Waals surface area contributed by atoms with Crippen LogP contribution in [0, 0.1) is 0 Å². The molecule has 2 N–H and O–H groups in total. The summed E-state index contributed by atoms with van der Waals surface area (Å²) in [4.78, 5) is 35.5. The van der Waals surface area contributed by atoms with Crippen LogP contribution in [0.15, 0.2) is 42.5 Å². The highest BCUT2D eigenvalue weighted by Gasteiger charge is 2.43. The van der Waals surface area contributed by atoms with Crippen molar-refractivity contribution >= 4 is 29.3 Å². The fourth-order valence-corrected chi connectivity index (χ4v) is 2.45. The fourth-order valence-electron chi connectivity index (χ4n) is 2.45. The van der Waals surface area contributed by atoms with E-state index >= 15 is 0 Å². The minimum Gasteiger partial charge on any atom is -0.452 e. The van der Waals surface area contributed by atoms with Crippen LogP contribution in [0.1, 0.15) is 17.3 Å². The molecule has 9 nitrogen and oxygen atoms in total. The third-order valence-corrected chi connectivity index (χ3v) is 3.64. The van der Waals surface area contributed by atoms with Gasteiger partial charge in [0.1, 0.15) is 0 Å². The van der Waals surface area contributed by atoms with Gasteiger partial charge in [0.25, 0.3) is 5.91 Å². The van der Waals surface area contributed by atoms with Gasteiger partial charge in [-0.1, -0.05) is 6.07 Å². The van der Waals surface area contributed by atoms with Crippen molar-refractivity contribution in [2.75, 3.05) is 23.8 Å². The number of fused-ring (bicyclic) bond motifs is 1. The number of benzene rings is 2. The smallest absolute Gasteiger partial charge is 0.452 e. The number of ether oxygens (including phenoxy) is 4. The maximum absolute atomic E-state index is 13.0. The molecule has 0 atom stereocenters. The van der Waals surface area contributed by atoms with E-state index in [1.807, 2.05) is 0 Å². The summed E-state index contributed by atoms with van der Waals surface area (Å²) in [7, 11) is 0. The van der Waals surface area contributed by atoms with E-state index in [2.05, 4.69) is 20.1 Å². The quantitative estimate of drug-likeness (QED) is 0.687. The number of hydrogen-bond acceptors (Lipinski definition) is 7. The van der Waals surface area contributed by atoms with E-state index in [4.69, 9.17) is 9.47 Å². The molecule has 0 spiro atoms. The van der Waals surface area contributed by atoms with Crippen LogP contribution in [-0.2, 0) is 14.3 Å². The lowest BCUT2D eigenvalue weighted by Gasteiger charge is -2.09. The summed E-state index contributed by atoms with van der Waals surface area (Å²) >= 11 is 0. The van der Waals surface area contributed by atoms with Gasteiger partial charge in [-0.2, -0.15) is 0 Å². The number of carbonyl (C=O) groups excluding carboxylic acids is 3. The standard InChI is InChI=1S/C19H16F2N2O7/c1-2-27-18(26)23-12-5-3-4-11(8-12)17(25)28-10-16(24)22-13-6-7-14-15(9-13)30-19(20,21)29-14/h3-9H,2,10H2,1H3,(H,22,24)(H,23,26). The van der Waals surface area contributed by atoms with Crippen LogP contribution in [0.5, 0.6) is 11.5 Å². The van der Waals surface area contributed by atoms with Crippen molar-refractivity contribution in [3.63, 3.8) is 0 Å². The fraction of sp³-hybridized carbons (Fsp3) is 0.211. The van der Waals surface area contributed by atoms with Crippen LogP contribution in [0.25, 0.3) is 0 Å². The Morgan fingerprint density at radius 1 is 0.967 bits per heavy atom. The molecule has 2 aromatic carbocycles. The van der Waals surface area contributed by atoms with Gasteiger partial charge >= 0.3 is 18.4 Å². The van der Waals surface area contributed by atoms with Crippen molar-refractivity contribution in [1.29, 1.82) is 0 Å². The topological polar surface area (TPSA) is 112 Å². The summed E-state index contributed by atoms with van der Waals surface area (Å²) < 4.78 is 44.3. The van der Waals surface area contributed by atoms with Gasteiger partial charge in [-0.3, -0.25) is 10.1 Å². The molecule has 0 aromatic heterocycles. The molecule has 0 fully saturated rings. The Balaban J connectivity index is 1.53. The molecule has 1 aliphatic heterocycles. The van der Waals surface area contributed by atoms with Crippen LogP contribution >= 0.6 is 0 Å². The van der Waals surface area contributed by atoms with Gasteiger partial charge in [0.2, 0.25) is 0 Å². The monoisotopic (exact) mass is 422 g/mol. The Bertz CT molecular complexity index is 981. The molecule has 2 amide bonds. The molecule has 1 aliphatic rings. The molecular weight excluding hydrogens is 406 g/mol. The van der Waals surface area contributed by atoms with Gasteiger partial charge in [-0.25, -0.2) is 9.59 Å². The molecule has 2 aromatic rings. The van der Waals surface area contributed by atoms with Crippen LogP contribution in [0.4, 0.5) is 25.0 Å². The van der Waals surface area contributed by atoms with Crippen molar-refractivity contribution < 1.29 is 42.1 Å². The zero-order chi connectivity index (χ0) is 21.7. The Kier molecular flexibility index (Phi) is 6.00. The number of hydrogen-bond donors (Lipinski definition) is 2. The second-order valence-electron chi connectivity index (χ2n) is 5.88. The molecule has 3 rings (SSSR count). The highest BCUT2D eigenvalue weighted by molar-refractivity contribution is 5.96. The van der Waals surface area contributed by atoms with E-state index in [1.54, 1.807) is 13.0 Å². The summed E-state index contributed by atoms with van der Waals surface area (Å²) in [5.74, 6) is -1.90. The van der Waals surface area contributed by atoms with Gasteiger partial charge in [-0.15, -0.1) is 8.78 Å². The number of halogens is 2. The Hall–Kier alpha value is -3.89. The van der Waals surface area contributed by atoms with Crippen LogP contribution in [0.2, 0.25) is 0 Å². The van der Waals surface area contributed by atoms with Gasteiger partial charge < -0.3 is 24.3 Å². The molecule has 0 bridgehead atoms. The van der Waals surface area contributed by atoms with Gasteiger partial charge in [0.15, 0.2) is 18.1 Å². The molecule has 0 unspecified atom stereocenters. The van der Waals surface area contributed by atoms with Crippen LogP contribution < -0.4 is 20.1 Å². The number of nitrogens with one attached hydrogen (secondary N) is 2. The van der Waals surface area contributed by atoms with Crippen LogP contribution in [0.3, 0.4) is 0 Å². The van der Waals surface area contributed by atoms with E-state index < -0.39 is 30.9 Å². The summed E-state index contributed by atoms with van der Waals surface area (Å²) in [6.45, 7) is 1.21. The molecule has 0 aliphatic carbocycles. The van der Waals surface area contributed by atoms with Crippen molar-refractivity contribution in [2.24, 2.45) is 0 Å². The molecule has 0 saturated heterocycles. The summed E-state index contributed by atoms with van der Waals surface area (Å²) in [6.07, 6.45) is -4.44. The molecule has 158 valence electrons. The molecule has 0 saturated carbocycles. The maximum atomic E-state index is 13.0. The lowest BCUT2D eigenvalue weighted by molar-refractivity contribution is -0.286. The molecule has 0 radical (unpaired) electrons. The summed E-state index contributed by atoms with van der Waals surface area (Å²) in [6, 6.07) is 9.54. The Morgan fingerprint density at radius 2 is 1.70 bits per heavy atom. The first-order chi connectivity index (χ1) is 14.3. The number of carbonyl (C=O) groups is 3. The Labute approximate surface area is 168 Å². The van der Waals surface area contributed by atoms with Crippen molar-refractivity contribution in [3.8, 4) is 11.5 Å². The largest absolute Gasteiger partial charge is 0.586 e. The number of rotatable bonds is 6. The lowest BCUT2D eigenvalue weighted by atomic mass is 10.2. The van der Waals surface area contributed by atoms with E-state index in [1.165, 1.54) is 30.3 Å². The zero-order valence-electron chi connectivity index (χ0n) is 15.6. The minimum atomic E-state index is -3.77. The second kappa shape index (κ2) is 8.64. The van der Waals surface area contributed by atoms with Gasteiger partial charge in [-0.05, 0) is 37.3 Å². The number of amides is 2. The zero-order valence-corrected chi connectivity index (χ0v) is 15.6. The third kappa shape index (κ3) is 5.34. The predicted octanol–water partition coefficient (Wildman–Crippen LogP) is 3.37. The third-order valence-electron chi connectivity index (χ3n) is 3.64. The average molecular weight is 422 g/mol. The first-order valence-electron chi connectivity index (χ1n) is 8.66. The highest BCUT2D eigenvalue weighted by atomic mass is 19.3. The predicted molar refractivity (Wildman–Crippen MR) is 98.6 cm³/mol. The van der Waals surface area contributed by atoms with E-state index in [9.17, 15) is 23.2 Å². The van der Waals surface area contributed by atoms with Gasteiger partial charge in [0, 0.05) is 17.4 Å². The van der Waals surface area contributed by atoms with Gasteiger partial charge in [0.05, 0.1) is 12.2 Å². The second-order valence-corrected chi connectivity index (χ2v) is 5.88. The van der Waals surface area contributed by atoms with E-state index in [0.717, 1.165) is 6.07 Å². The number of anilines is 2. The van der Waals surface area contributed by atoms with E-state index in [-0.39, 0.29) is 29.4 Å². The molecule has 1 heterocycles. The summed E-state index contributed by atoms with van der Waals surface area (Å²) in [5.41, 5.74) is 0.559. The highest BCUT2D eigenvalue weighted by Crippen LogP contribution is 2.42. The van der Waals surface area contributed by atoms with Crippen molar-refractivity contribution in [1.82, 2.24) is 0 Å². The van der Waals surface area contributed by atoms with Crippen LogP contribution in [-0.4, -0.2) is 37.5 Å². The van der Waals surface area contributed by atoms with E-state index in [0.29, 0.717) is 5.69 Å². The van der Waals surface area contributed by atoms with Crippen molar-refractivity contribution in [3.05, 3.63) is 48.0 Å². The van der Waals surface area contributed by atoms with Crippen molar-refractivity contribution in [2.45, 2.75) is 13.2 Å². The molecular formula is C19H16F2N2O7. The molecule has 11 heteroatoms. The Morgan fingerprint density at radius 3 is 2.47 bits per heavy atom.